The van der Waals surface area contributed by atoms with Crippen LogP contribution in [-0.2, 0) is 9.47 Å². The molecule has 4 nitrogen and oxygen atoms in total. The van der Waals surface area contributed by atoms with E-state index in [1.54, 1.807) is 0 Å². The van der Waals surface area contributed by atoms with Gasteiger partial charge in [-0.3, -0.25) is 0 Å². The van der Waals surface area contributed by atoms with E-state index < -0.39 is 0 Å². The first kappa shape index (κ1) is 13.9. The number of nitrogens with one attached hydrogen (secondary N) is 1. The Morgan fingerprint density at radius 2 is 1.94 bits per heavy atom. The van der Waals surface area contributed by atoms with Crippen LogP contribution in [0.15, 0.2) is 0 Å². The van der Waals surface area contributed by atoms with Crippen LogP contribution in [0.5, 0.6) is 0 Å². The molecule has 1 aliphatic rings. The molecule has 0 saturated heterocycles. The number of aliphatic hydroxyl groups is 1. The fourth-order valence-electron chi connectivity index (χ4n) is 1.90. The highest BCUT2D eigenvalue weighted by atomic mass is 16.5. The monoisotopic (exact) mass is 231 g/mol. The van der Waals surface area contributed by atoms with Crippen molar-refractivity contribution in [3.05, 3.63) is 0 Å². The predicted molar refractivity (Wildman–Crippen MR) is 63.5 cm³/mol. The second-order valence-corrected chi connectivity index (χ2v) is 4.50. The first-order chi connectivity index (χ1) is 7.79. The van der Waals surface area contributed by atoms with E-state index in [4.69, 9.17) is 9.47 Å². The van der Waals surface area contributed by atoms with E-state index in [1.807, 2.05) is 7.05 Å². The number of rotatable bonds is 10. The molecule has 0 radical (unpaired) electrons. The topological polar surface area (TPSA) is 50.7 Å². The normalized spacial score (nSPS) is 19.7. The number of hydrogen-bond donors (Lipinski definition) is 2. The maximum absolute atomic E-state index is 9.45. The molecule has 4 heteroatoms. The molecule has 0 heterocycles. The van der Waals surface area contributed by atoms with Gasteiger partial charge in [-0.1, -0.05) is 6.92 Å². The molecule has 1 rings (SSSR count). The fourth-order valence-corrected chi connectivity index (χ4v) is 1.90. The summed E-state index contributed by atoms with van der Waals surface area (Å²) in [6.07, 6.45) is 3.42. The average molecular weight is 231 g/mol. The molecular formula is C12H25NO3. The second kappa shape index (κ2) is 7.22. The van der Waals surface area contributed by atoms with Crippen molar-refractivity contribution in [2.24, 2.45) is 5.92 Å². The molecule has 1 fully saturated rings. The maximum Gasteiger partial charge on any atom is 0.0701 e. The van der Waals surface area contributed by atoms with Gasteiger partial charge in [-0.15, -0.1) is 0 Å². The van der Waals surface area contributed by atoms with E-state index in [1.165, 1.54) is 12.8 Å². The van der Waals surface area contributed by atoms with Crippen LogP contribution in [0.4, 0.5) is 0 Å². The van der Waals surface area contributed by atoms with Gasteiger partial charge >= 0.3 is 0 Å². The lowest BCUT2D eigenvalue weighted by Crippen LogP contribution is -2.52. The largest absolute Gasteiger partial charge is 0.394 e. The maximum atomic E-state index is 9.45. The standard InChI is InChI=1S/C12H25NO3/c1-3-6-15-7-8-16-10-12(9-14,13-2)11-4-5-11/h11,13-14H,3-10H2,1-2H3. The first-order valence-corrected chi connectivity index (χ1v) is 6.24. The van der Waals surface area contributed by atoms with Crippen molar-refractivity contribution in [1.82, 2.24) is 5.32 Å². The minimum Gasteiger partial charge on any atom is -0.394 e. The Bertz CT molecular complexity index is 179. The summed E-state index contributed by atoms with van der Waals surface area (Å²) in [5.74, 6) is 0.569. The second-order valence-electron chi connectivity index (χ2n) is 4.50. The molecule has 0 bridgehead atoms. The van der Waals surface area contributed by atoms with Gasteiger partial charge in [0.05, 0.1) is 32.0 Å². The molecule has 16 heavy (non-hydrogen) atoms. The summed E-state index contributed by atoms with van der Waals surface area (Å²) in [6, 6.07) is 0. The minimum atomic E-state index is -0.231. The average Bonchev–Trinajstić information content (AvgIpc) is 3.14. The Labute approximate surface area is 98.3 Å². The number of likely N-dealkylation sites (N-methyl/N-ethyl adjacent to an activating group) is 1. The third-order valence-electron chi connectivity index (χ3n) is 3.22. The molecular weight excluding hydrogens is 206 g/mol. The van der Waals surface area contributed by atoms with Crippen molar-refractivity contribution in [1.29, 1.82) is 0 Å². The van der Waals surface area contributed by atoms with Crippen molar-refractivity contribution in [2.75, 3.05) is 40.1 Å². The first-order valence-electron chi connectivity index (χ1n) is 6.24. The molecule has 0 aliphatic heterocycles. The van der Waals surface area contributed by atoms with Gasteiger partial charge in [0, 0.05) is 6.61 Å². The molecule has 1 saturated carbocycles. The Morgan fingerprint density at radius 1 is 1.25 bits per heavy atom. The van der Waals surface area contributed by atoms with E-state index >= 15 is 0 Å². The third kappa shape index (κ3) is 4.01. The third-order valence-corrected chi connectivity index (χ3v) is 3.22. The zero-order valence-corrected chi connectivity index (χ0v) is 10.5. The van der Waals surface area contributed by atoms with Gasteiger partial charge in [0.15, 0.2) is 0 Å². The smallest absolute Gasteiger partial charge is 0.0701 e. The Kier molecular flexibility index (Phi) is 6.28. The summed E-state index contributed by atoms with van der Waals surface area (Å²) in [7, 11) is 1.89. The van der Waals surface area contributed by atoms with Crippen molar-refractivity contribution >= 4 is 0 Å². The van der Waals surface area contributed by atoms with Gasteiger partial charge in [-0.25, -0.2) is 0 Å². The van der Waals surface area contributed by atoms with Gasteiger partial charge in [0.25, 0.3) is 0 Å². The lowest BCUT2D eigenvalue weighted by Gasteiger charge is -2.31. The van der Waals surface area contributed by atoms with Gasteiger partial charge < -0.3 is 19.9 Å². The summed E-state index contributed by atoms with van der Waals surface area (Å²) in [5.41, 5.74) is -0.231. The molecule has 1 aliphatic carbocycles. The highest BCUT2D eigenvalue weighted by Crippen LogP contribution is 2.39. The van der Waals surface area contributed by atoms with Crippen molar-refractivity contribution in [3.63, 3.8) is 0 Å². The van der Waals surface area contributed by atoms with E-state index in [9.17, 15) is 5.11 Å². The summed E-state index contributed by atoms with van der Waals surface area (Å²) < 4.78 is 10.9. The molecule has 0 spiro atoms. The van der Waals surface area contributed by atoms with Crippen LogP contribution in [0.25, 0.3) is 0 Å². The highest BCUT2D eigenvalue weighted by Gasteiger charge is 2.43. The number of ether oxygens (including phenoxy) is 2. The lowest BCUT2D eigenvalue weighted by atomic mass is 9.96. The lowest BCUT2D eigenvalue weighted by molar-refractivity contribution is -0.00168. The number of aliphatic hydroxyl groups excluding tert-OH is 1. The van der Waals surface area contributed by atoms with E-state index in [0.29, 0.717) is 25.7 Å². The Morgan fingerprint density at radius 3 is 2.44 bits per heavy atom. The summed E-state index contributed by atoms with van der Waals surface area (Å²) in [4.78, 5) is 0. The molecule has 0 aromatic rings. The molecule has 0 amide bonds. The molecule has 2 N–H and O–H groups in total. The molecule has 0 aromatic carbocycles. The van der Waals surface area contributed by atoms with E-state index in [2.05, 4.69) is 12.2 Å². The fraction of sp³-hybridized carbons (Fsp3) is 1.00. The predicted octanol–water partition coefficient (Wildman–Crippen LogP) is 0.790. The zero-order chi connectivity index (χ0) is 11.9. The van der Waals surface area contributed by atoms with Crippen LogP contribution in [0.1, 0.15) is 26.2 Å². The molecule has 1 unspecified atom stereocenters. The van der Waals surface area contributed by atoms with Gasteiger partial charge in [-0.05, 0) is 32.2 Å². The van der Waals surface area contributed by atoms with Crippen LogP contribution >= 0.6 is 0 Å². The van der Waals surface area contributed by atoms with E-state index in [-0.39, 0.29) is 12.1 Å². The van der Waals surface area contributed by atoms with Gasteiger partial charge in [0.2, 0.25) is 0 Å². The molecule has 0 aromatic heterocycles. The Balaban J connectivity index is 2.13. The molecule has 96 valence electrons. The summed E-state index contributed by atoms with van der Waals surface area (Å²) in [5, 5.41) is 12.7. The van der Waals surface area contributed by atoms with Gasteiger partial charge in [-0.2, -0.15) is 0 Å². The SMILES string of the molecule is CCCOCCOCC(CO)(NC)C1CC1. The van der Waals surface area contributed by atoms with Crippen LogP contribution in [0.2, 0.25) is 0 Å². The summed E-state index contributed by atoms with van der Waals surface area (Å²) in [6.45, 7) is 4.85. The van der Waals surface area contributed by atoms with Crippen LogP contribution in [0, 0.1) is 5.92 Å². The van der Waals surface area contributed by atoms with Crippen LogP contribution in [-0.4, -0.2) is 50.7 Å². The van der Waals surface area contributed by atoms with Crippen LogP contribution in [0.3, 0.4) is 0 Å². The summed E-state index contributed by atoms with van der Waals surface area (Å²) >= 11 is 0. The minimum absolute atomic E-state index is 0.143. The number of hydrogen-bond acceptors (Lipinski definition) is 4. The molecule has 1 atom stereocenters. The quantitative estimate of drug-likeness (QED) is 0.546. The van der Waals surface area contributed by atoms with Gasteiger partial charge in [0.1, 0.15) is 0 Å². The van der Waals surface area contributed by atoms with Crippen molar-refractivity contribution < 1.29 is 14.6 Å². The van der Waals surface area contributed by atoms with Crippen LogP contribution < -0.4 is 5.32 Å². The Hall–Kier alpha value is -0.160. The highest BCUT2D eigenvalue weighted by molar-refractivity contribution is 5.00. The van der Waals surface area contributed by atoms with Crippen molar-refractivity contribution in [3.8, 4) is 0 Å². The van der Waals surface area contributed by atoms with Crippen molar-refractivity contribution in [2.45, 2.75) is 31.7 Å². The zero-order valence-electron chi connectivity index (χ0n) is 10.5. The van der Waals surface area contributed by atoms with E-state index in [0.717, 1.165) is 13.0 Å².